The second-order valence-electron chi connectivity index (χ2n) is 11.2. The van der Waals surface area contributed by atoms with Crippen molar-refractivity contribution < 1.29 is 9.53 Å². The first kappa shape index (κ1) is 25.4. The number of aromatic nitrogens is 2. The fourth-order valence-corrected chi connectivity index (χ4v) is 6.45. The zero-order valence-corrected chi connectivity index (χ0v) is 22.9. The highest BCUT2D eigenvalue weighted by Crippen LogP contribution is 2.36. The molecule has 0 N–H and O–H groups in total. The molecule has 0 spiro atoms. The zero-order chi connectivity index (χ0) is 26.9. The number of piperidine rings is 1. The van der Waals surface area contributed by atoms with E-state index in [9.17, 15) is 4.79 Å². The Morgan fingerprint density at radius 2 is 1.92 bits per heavy atom. The molecule has 6 rings (SSSR count). The quantitative estimate of drug-likeness (QED) is 0.438. The van der Waals surface area contributed by atoms with E-state index in [-0.39, 0.29) is 11.9 Å². The third-order valence-corrected chi connectivity index (χ3v) is 8.66. The lowest BCUT2D eigenvalue weighted by Gasteiger charge is -2.36. The van der Waals surface area contributed by atoms with Crippen LogP contribution in [0.15, 0.2) is 36.4 Å². The SMILES string of the molecule is [C-]#[N+]C[C@@H]1CCCN(c2nc(OC[C@@H]3CCC(=O)N3C)nc3c2CCN(c2cccc4cccc(C)c24)C3)C1. The third-order valence-electron chi connectivity index (χ3n) is 8.66. The van der Waals surface area contributed by atoms with Crippen LogP contribution in [0.3, 0.4) is 0 Å². The Labute approximate surface area is 230 Å². The molecule has 4 heterocycles. The van der Waals surface area contributed by atoms with Crippen LogP contribution in [0.2, 0.25) is 0 Å². The van der Waals surface area contributed by atoms with E-state index in [0.717, 1.165) is 56.8 Å². The lowest BCUT2D eigenvalue weighted by atomic mass is 9.96. The van der Waals surface area contributed by atoms with Crippen molar-refractivity contribution in [2.24, 2.45) is 5.92 Å². The number of nitrogens with zero attached hydrogens (tertiary/aromatic N) is 6. The summed E-state index contributed by atoms with van der Waals surface area (Å²) in [6.45, 7) is 13.9. The van der Waals surface area contributed by atoms with Crippen LogP contribution in [0.4, 0.5) is 11.5 Å². The minimum absolute atomic E-state index is 0.0498. The predicted octanol–water partition coefficient (Wildman–Crippen LogP) is 4.64. The van der Waals surface area contributed by atoms with Crippen molar-refractivity contribution in [3.05, 3.63) is 64.6 Å². The molecule has 39 heavy (non-hydrogen) atoms. The van der Waals surface area contributed by atoms with Gasteiger partial charge in [-0.1, -0.05) is 30.3 Å². The molecule has 0 radical (unpaired) electrons. The molecular formula is C31H36N6O2. The first-order valence-electron chi connectivity index (χ1n) is 14.1. The molecule has 1 amide bonds. The molecule has 2 aromatic carbocycles. The van der Waals surface area contributed by atoms with Gasteiger partial charge in [-0.3, -0.25) is 4.79 Å². The summed E-state index contributed by atoms with van der Waals surface area (Å²) < 4.78 is 6.20. The number of ether oxygens (including phenoxy) is 1. The van der Waals surface area contributed by atoms with E-state index in [1.807, 2.05) is 7.05 Å². The van der Waals surface area contributed by atoms with Crippen LogP contribution >= 0.6 is 0 Å². The highest BCUT2D eigenvalue weighted by Gasteiger charge is 2.31. The number of benzene rings is 2. The van der Waals surface area contributed by atoms with Crippen LogP contribution in [-0.4, -0.2) is 66.7 Å². The maximum absolute atomic E-state index is 12.0. The molecule has 1 aromatic heterocycles. The zero-order valence-electron chi connectivity index (χ0n) is 22.9. The molecule has 2 saturated heterocycles. The molecule has 2 fully saturated rings. The van der Waals surface area contributed by atoms with Gasteiger partial charge in [0.15, 0.2) is 0 Å². The van der Waals surface area contributed by atoms with Gasteiger partial charge in [0.2, 0.25) is 12.5 Å². The lowest BCUT2D eigenvalue weighted by Crippen LogP contribution is -2.40. The first-order valence-corrected chi connectivity index (χ1v) is 14.1. The number of carbonyl (C=O) groups is 1. The number of likely N-dealkylation sites (N-methyl/N-ethyl adjacent to an activating group) is 1. The van der Waals surface area contributed by atoms with Crippen molar-refractivity contribution in [1.82, 2.24) is 14.9 Å². The molecule has 8 nitrogen and oxygen atoms in total. The van der Waals surface area contributed by atoms with E-state index >= 15 is 0 Å². The van der Waals surface area contributed by atoms with Crippen molar-refractivity contribution in [1.29, 1.82) is 0 Å². The van der Waals surface area contributed by atoms with Gasteiger partial charge in [-0.15, -0.1) is 0 Å². The second kappa shape index (κ2) is 10.7. The van der Waals surface area contributed by atoms with Crippen LogP contribution in [-0.2, 0) is 17.8 Å². The summed E-state index contributed by atoms with van der Waals surface area (Å²) in [6, 6.07) is 13.4. The molecule has 0 aliphatic carbocycles. The molecular weight excluding hydrogens is 488 g/mol. The highest BCUT2D eigenvalue weighted by molar-refractivity contribution is 5.97. The normalized spacial score (nSPS) is 21.3. The van der Waals surface area contributed by atoms with E-state index in [4.69, 9.17) is 21.3 Å². The summed E-state index contributed by atoms with van der Waals surface area (Å²) in [4.78, 5) is 32.2. The number of aryl methyl sites for hydroxylation is 1. The average molecular weight is 525 g/mol. The lowest BCUT2D eigenvalue weighted by molar-refractivity contribution is -0.127. The number of likely N-dealkylation sites (tertiary alicyclic amines) is 1. The number of hydrogen-bond donors (Lipinski definition) is 0. The van der Waals surface area contributed by atoms with Crippen molar-refractivity contribution in [2.75, 3.05) is 49.6 Å². The van der Waals surface area contributed by atoms with E-state index in [1.165, 1.54) is 27.6 Å². The first-order chi connectivity index (χ1) is 19.0. The fraction of sp³-hybridized carbons (Fsp3) is 0.484. The summed E-state index contributed by atoms with van der Waals surface area (Å²) in [5.74, 6) is 1.49. The summed E-state index contributed by atoms with van der Waals surface area (Å²) in [7, 11) is 1.85. The number of hydrogen-bond acceptors (Lipinski definition) is 6. The summed E-state index contributed by atoms with van der Waals surface area (Å²) >= 11 is 0. The van der Waals surface area contributed by atoms with Crippen molar-refractivity contribution in [3.63, 3.8) is 0 Å². The summed E-state index contributed by atoms with van der Waals surface area (Å²) in [5.41, 5.74) is 4.72. The Morgan fingerprint density at radius 3 is 2.72 bits per heavy atom. The van der Waals surface area contributed by atoms with Gasteiger partial charge in [0.05, 0.1) is 18.3 Å². The number of fused-ring (bicyclic) bond motifs is 2. The Morgan fingerprint density at radius 1 is 1.08 bits per heavy atom. The second-order valence-corrected chi connectivity index (χ2v) is 11.2. The van der Waals surface area contributed by atoms with Crippen LogP contribution in [0.5, 0.6) is 6.01 Å². The number of anilines is 2. The molecule has 3 aliphatic rings. The topological polar surface area (TPSA) is 66.2 Å². The van der Waals surface area contributed by atoms with Gasteiger partial charge in [-0.2, -0.15) is 9.97 Å². The molecule has 3 aliphatic heterocycles. The molecule has 0 bridgehead atoms. The Balaban J connectivity index is 1.33. The van der Waals surface area contributed by atoms with Crippen molar-refractivity contribution in [3.8, 4) is 6.01 Å². The molecule has 0 unspecified atom stereocenters. The van der Waals surface area contributed by atoms with Crippen molar-refractivity contribution >= 4 is 28.2 Å². The van der Waals surface area contributed by atoms with Crippen LogP contribution in [0, 0.1) is 19.4 Å². The van der Waals surface area contributed by atoms with Crippen LogP contribution in [0.25, 0.3) is 15.6 Å². The molecule has 8 heteroatoms. The van der Waals surface area contributed by atoms with Crippen LogP contribution in [0.1, 0.15) is 42.5 Å². The summed E-state index contributed by atoms with van der Waals surface area (Å²) in [5, 5.41) is 2.54. The molecule has 2 atom stereocenters. The third kappa shape index (κ3) is 4.98. The fourth-order valence-electron chi connectivity index (χ4n) is 6.45. The Hall–Kier alpha value is -3.86. The minimum atomic E-state index is 0.0498. The van der Waals surface area contributed by atoms with Crippen LogP contribution < -0.4 is 14.5 Å². The number of carbonyl (C=O) groups excluding carboxylic acids is 1. The monoisotopic (exact) mass is 524 g/mol. The Bertz CT molecular complexity index is 1430. The van der Waals surface area contributed by atoms with Gasteiger partial charge < -0.3 is 24.3 Å². The maximum Gasteiger partial charge on any atom is 0.318 e. The van der Waals surface area contributed by atoms with Crippen molar-refractivity contribution in [2.45, 2.75) is 51.6 Å². The van der Waals surface area contributed by atoms with Gasteiger partial charge in [-0.05, 0) is 49.6 Å². The summed E-state index contributed by atoms with van der Waals surface area (Å²) in [6.07, 6.45) is 4.37. The molecule has 0 saturated carbocycles. The minimum Gasteiger partial charge on any atom is -0.461 e. The average Bonchev–Trinajstić information content (AvgIpc) is 3.28. The van der Waals surface area contributed by atoms with E-state index < -0.39 is 0 Å². The predicted molar refractivity (Wildman–Crippen MR) is 153 cm³/mol. The maximum atomic E-state index is 12.0. The van der Waals surface area contributed by atoms with Gasteiger partial charge in [0, 0.05) is 55.7 Å². The largest absolute Gasteiger partial charge is 0.461 e. The van der Waals surface area contributed by atoms with E-state index in [2.05, 4.69) is 58.0 Å². The van der Waals surface area contributed by atoms with Gasteiger partial charge in [0.1, 0.15) is 12.4 Å². The smallest absolute Gasteiger partial charge is 0.318 e. The van der Waals surface area contributed by atoms with Gasteiger partial charge in [-0.25, -0.2) is 6.57 Å². The standard InChI is InChI=1S/C31H36N6O2/c1-21-7-4-9-23-10-5-11-27(29(21)23)36-16-14-25-26(19-36)33-31(39-20-24-12-13-28(38)35(24)3)34-30(25)37-15-6-8-22(18-37)17-32-2/h4-5,7,9-11,22,24H,6,8,12-20H2,1,3H3/t22-,24-/m0/s1. The molecule has 3 aromatic rings. The number of rotatable bonds is 6. The Kier molecular flexibility index (Phi) is 6.99. The number of amides is 1. The van der Waals surface area contributed by atoms with E-state index in [0.29, 0.717) is 38.0 Å². The van der Waals surface area contributed by atoms with E-state index in [1.54, 1.807) is 4.90 Å². The van der Waals surface area contributed by atoms with Gasteiger partial charge in [0.25, 0.3) is 0 Å². The molecule has 202 valence electrons. The highest BCUT2D eigenvalue weighted by atomic mass is 16.5. The van der Waals surface area contributed by atoms with Gasteiger partial charge >= 0.3 is 6.01 Å².